The van der Waals surface area contributed by atoms with E-state index in [4.69, 9.17) is 9.15 Å². The molecule has 17 heavy (non-hydrogen) atoms. The second kappa shape index (κ2) is 5.12. The highest BCUT2D eigenvalue weighted by molar-refractivity contribution is 5.52. The smallest absolute Gasteiger partial charge is 0.415 e. The number of nitrogens with zero attached hydrogens (tertiary/aromatic N) is 2. The summed E-state index contributed by atoms with van der Waals surface area (Å²) in [6.07, 6.45) is 0.0204. The van der Waals surface area contributed by atoms with E-state index < -0.39 is 0 Å². The Kier molecular flexibility index (Phi) is 3.36. The first-order valence-corrected chi connectivity index (χ1v) is 4.91. The quantitative estimate of drug-likeness (QED) is 0.762. The van der Waals surface area contributed by atoms with Crippen molar-refractivity contribution in [2.24, 2.45) is 0 Å². The molecule has 0 aliphatic carbocycles. The maximum Gasteiger partial charge on any atom is 0.415 e. The van der Waals surface area contributed by atoms with Crippen LogP contribution in [0.4, 0.5) is 4.39 Å². The Labute approximate surface area is 97.4 Å². The molecule has 0 fully saturated rings. The molecule has 2 rings (SSSR count). The van der Waals surface area contributed by atoms with Gasteiger partial charge in [-0.1, -0.05) is 17.1 Å². The predicted octanol–water partition coefficient (Wildman–Crippen LogP) is 2.28. The summed E-state index contributed by atoms with van der Waals surface area (Å²) >= 11 is 0. The zero-order chi connectivity index (χ0) is 12.1. The van der Waals surface area contributed by atoms with Gasteiger partial charge in [-0.05, 0) is 25.1 Å². The first-order valence-electron chi connectivity index (χ1n) is 4.91. The van der Waals surface area contributed by atoms with Crippen LogP contribution in [-0.2, 0) is 0 Å². The van der Waals surface area contributed by atoms with Gasteiger partial charge in [-0.3, -0.25) is 0 Å². The highest BCUT2D eigenvalue weighted by atomic mass is 19.1. The van der Waals surface area contributed by atoms with Crippen LogP contribution in [0.3, 0.4) is 0 Å². The van der Waals surface area contributed by atoms with E-state index in [1.165, 1.54) is 12.1 Å². The molecule has 0 atom stereocenters. The lowest BCUT2D eigenvalue weighted by Gasteiger charge is -1.94. The zero-order valence-electron chi connectivity index (χ0n) is 9.11. The van der Waals surface area contributed by atoms with E-state index in [9.17, 15) is 4.39 Å². The molecule has 0 saturated heterocycles. The molecular formula is C12H9FN2O2. The third-order valence-electron chi connectivity index (χ3n) is 1.92. The summed E-state index contributed by atoms with van der Waals surface area (Å²) in [5.74, 6) is 5.22. The molecule has 0 spiro atoms. The first-order chi connectivity index (χ1) is 8.29. The van der Waals surface area contributed by atoms with Crippen LogP contribution in [0, 0.1) is 17.7 Å². The van der Waals surface area contributed by atoms with Crippen LogP contribution >= 0.6 is 0 Å². The van der Waals surface area contributed by atoms with E-state index in [0.717, 1.165) is 0 Å². The molecule has 0 radical (unpaired) electrons. The highest BCUT2D eigenvalue weighted by Gasteiger charge is 2.09. The lowest BCUT2D eigenvalue weighted by Crippen LogP contribution is -1.93. The van der Waals surface area contributed by atoms with Crippen molar-refractivity contribution >= 4 is 0 Å². The number of ether oxygens (including phenoxy) is 1. The molecule has 0 aliphatic heterocycles. The van der Waals surface area contributed by atoms with Crippen LogP contribution in [0.2, 0.25) is 0 Å². The minimum absolute atomic E-state index is 0.0204. The van der Waals surface area contributed by atoms with E-state index in [0.29, 0.717) is 5.56 Å². The topological polar surface area (TPSA) is 48.2 Å². The molecule has 0 unspecified atom stereocenters. The summed E-state index contributed by atoms with van der Waals surface area (Å²) in [5.41, 5.74) is 0.508. The van der Waals surface area contributed by atoms with Crippen LogP contribution in [0.1, 0.15) is 6.92 Å². The van der Waals surface area contributed by atoms with Gasteiger partial charge in [0.1, 0.15) is 5.82 Å². The molecule has 0 bridgehead atoms. The Morgan fingerprint density at radius 3 is 3.06 bits per heavy atom. The Morgan fingerprint density at radius 2 is 2.29 bits per heavy atom. The number of rotatable bonds is 3. The normalized spacial score (nSPS) is 9.53. The molecule has 0 aliphatic rings. The fraction of sp³-hybridized carbons (Fsp3) is 0.167. The number of aromatic nitrogens is 2. The van der Waals surface area contributed by atoms with E-state index in [-0.39, 0.29) is 24.4 Å². The predicted molar refractivity (Wildman–Crippen MR) is 58.6 cm³/mol. The van der Waals surface area contributed by atoms with E-state index in [2.05, 4.69) is 22.0 Å². The third kappa shape index (κ3) is 2.82. The van der Waals surface area contributed by atoms with Gasteiger partial charge in [0.25, 0.3) is 5.89 Å². The van der Waals surface area contributed by atoms with E-state index >= 15 is 0 Å². The van der Waals surface area contributed by atoms with Gasteiger partial charge in [0.15, 0.2) is 6.61 Å². The summed E-state index contributed by atoms with van der Waals surface area (Å²) in [7, 11) is 0. The lowest BCUT2D eigenvalue weighted by atomic mass is 10.2. The average Bonchev–Trinajstić information content (AvgIpc) is 2.78. The molecule has 0 amide bonds. The van der Waals surface area contributed by atoms with Gasteiger partial charge < -0.3 is 9.15 Å². The van der Waals surface area contributed by atoms with Crippen molar-refractivity contribution in [3.63, 3.8) is 0 Å². The zero-order valence-corrected chi connectivity index (χ0v) is 9.11. The number of hydrogen-bond acceptors (Lipinski definition) is 4. The number of hydrogen-bond donors (Lipinski definition) is 0. The summed E-state index contributed by atoms with van der Waals surface area (Å²) in [6.45, 7) is 1.89. The second-order valence-electron chi connectivity index (χ2n) is 3.10. The fourth-order valence-electron chi connectivity index (χ4n) is 1.18. The third-order valence-corrected chi connectivity index (χ3v) is 1.92. The van der Waals surface area contributed by atoms with Crippen molar-refractivity contribution < 1.29 is 13.5 Å². The molecule has 1 heterocycles. The van der Waals surface area contributed by atoms with Gasteiger partial charge >= 0.3 is 6.08 Å². The SMILES string of the molecule is CC#CCOc1nnc(-c2cccc(F)c2)o1. The van der Waals surface area contributed by atoms with Gasteiger partial charge in [0.05, 0.1) is 0 Å². The summed E-state index contributed by atoms with van der Waals surface area (Å²) in [4.78, 5) is 0. The van der Waals surface area contributed by atoms with Crippen molar-refractivity contribution in [2.75, 3.05) is 6.61 Å². The van der Waals surface area contributed by atoms with Crippen LogP contribution in [0.25, 0.3) is 11.5 Å². The Bertz CT molecular complexity index is 569. The van der Waals surface area contributed by atoms with E-state index in [1.54, 1.807) is 19.1 Å². The minimum atomic E-state index is -0.361. The maximum atomic E-state index is 13.0. The molecular weight excluding hydrogens is 223 g/mol. The lowest BCUT2D eigenvalue weighted by molar-refractivity contribution is 0.265. The molecule has 1 aromatic heterocycles. The monoisotopic (exact) mass is 232 g/mol. The van der Waals surface area contributed by atoms with Crippen LogP contribution < -0.4 is 4.74 Å². The van der Waals surface area contributed by atoms with Gasteiger partial charge in [0, 0.05) is 5.56 Å². The maximum absolute atomic E-state index is 13.0. The second-order valence-corrected chi connectivity index (χ2v) is 3.10. The minimum Gasteiger partial charge on any atom is -0.436 e. The van der Waals surface area contributed by atoms with Crippen LogP contribution in [0.15, 0.2) is 28.7 Å². The molecule has 4 nitrogen and oxygen atoms in total. The van der Waals surface area contributed by atoms with Gasteiger partial charge in [-0.15, -0.1) is 11.0 Å². The molecule has 1 aromatic carbocycles. The summed E-state index contributed by atoms with van der Waals surface area (Å²) in [5, 5.41) is 7.41. The molecule has 0 N–H and O–H groups in total. The number of halogens is 1. The molecule has 0 saturated carbocycles. The highest BCUT2D eigenvalue weighted by Crippen LogP contribution is 2.21. The Morgan fingerprint density at radius 1 is 1.41 bits per heavy atom. The van der Waals surface area contributed by atoms with Crippen molar-refractivity contribution in [2.45, 2.75) is 6.92 Å². The van der Waals surface area contributed by atoms with Crippen molar-refractivity contribution in [3.05, 3.63) is 30.1 Å². The summed E-state index contributed by atoms with van der Waals surface area (Å²) < 4.78 is 23.2. The Hall–Kier alpha value is -2.35. The fourth-order valence-corrected chi connectivity index (χ4v) is 1.18. The summed E-state index contributed by atoms with van der Waals surface area (Å²) in [6, 6.07) is 5.89. The number of benzene rings is 1. The first kappa shape index (κ1) is 11.1. The largest absolute Gasteiger partial charge is 0.436 e. The van der Waals surface area contributed by atoms with Crippen LogP contribution in [-0.4, -0.2) is 16.8 Å². The van der Waals surface area contributed by atoms with Gasteiger partial charge in [-0.2, -0.15) is 0 Å². The Balaban J connectivity index is 2.14. The van der Waals surface area contributed by atoms with Crippen molar-refractivity contribution in [1.82, 2.24) is 10.2 Å². The average molecular weight is 232 g/mol. The van der Waals surface area contributed by atoms with Crippen molar-refractivity contribution in [3.8, 4) is 29.4 Å². The van der Waals surface area contributed by atoms with E-state index in [1.807, 2.05) is 0 Å². The molecule has 2 aromatic rings. The standard InChI is InChI=1S/C12H9FN2O2/c1-2-3-7-16-12-15-14-11(17-12)9-5-4-6-10(13)8-9/h4-6,8H,7H2,1H3. The van der Waals surface area contributed by atoms with Crippen LogP contribution in [0.5, 0.6) is 6.08 Å². The van der Waals surface area contributed by atoms with Crippen molar-refractivity contribution in [1.29, 1.82) is 0 Å². The molecule has 5 heteroatoms. The van der Waals surface area contributed by atoms with Gasteiger partial charge in [-0.25, -0.2) is 4.39 Å². The molecule has 86 valence electrons. The van der Waals surface area contributed by atoms with Gasteiger partial charge in [0.2, 0.25) is 0 Å².